The minimum atomic E-state index is -0.175. The van der Waals surface area contributed by atoms with E-state index in [1.54, 1.807) is 0 Å². The minimum absolute atomic E-state index is 0.0213. The van der Waals surface area contributed by atoms with Crippen LogP contribution in [0, 0.1) is 6.92 Å². The molecule has 1 unspecified atom stereocenters. The van der Waals surface area contributed by atoms with Crippen LogP contribution in [0.25, 0.3) is 0 Å². The fraction of sp³-hybridized carbons (Fsp3) is 0.562. The van der Waals surface area contributed by atoms with Gasteiger partial charge in [-0.1, -0.05) is 17.7 Å². The number of anilines is 1. The summed E-state index contributed by atoms with van der Waals surface area (Å²) in [6.07, 6.45) is 0. The Bertz CT molecular complexity index is 443. The Morgan fingerprint density at radius 2 is 1.95 bits per heavy atom. The Labute approximate surface area is 131 Å². The summed E-state index contributed by atoms with van der Waals surface area (Å²) >= 11 is 2.02. The molecule has 0 bridgehead atoms. The van der Waals surface area contributed by atoms with E-state index in [-0.39, 0.29) is 11.9 Å². The second kappa shape index (κ2) is 8.41. The van der Waals surface area contributed by atoms with E-state index in [0.29, 0.717) is 0 Å². The monoisotopic (exact) mass is 307 g/mol. The van der Waals surface area contributed by atoms with Crippen LogP contribution < -0.4 is 10.6 Å². The highest BCUT2D eigenvalue weighted by atomic mass is 32.2. The number of amides is 1. The van der Waals surface area contributed by atoms with Crippen molar-refractivity contribution in [1.29, 1.82) is 0 Å². The normalized spacial score (nSPS) is 17.4. The van der Waals surface area contributed by atoms with Gasteiger partial charge in [-0.2, -0.15) is 11.8 Å². The molecule has 1 heterocycles. The number of hydrogen-bond acceptors (Lipinski definition) is 4. The van der Waals surface area contributed by atoms with Crippen molar-refractivity contribution in [2.75, 3.05) is 43.0 Å². The standard InChI is InChI=1S/C16H25N3OS/c1-13-3-5-15(6-4-13)18-16(20)14(2)17-7-8-19-9-11-21-12-10-19/h3-6,14,17H,7-12H2,1-2H3,(H,18,20). The number of thioether (sulfide) groups is 1. The molecule has 0 saturated carbocycles. The Morgan fingerprint density at radius 1 is 1.29 bits per heavy atom. The van der Waals surface area contributed by atoms with Crippen LogP contribution in [0.1, 0.15) is 12.5 Å². The van der Waals surface area contributed by atoms with Crippen molar-refractivity contribution in [3.63, 3.8) is 0 Å². The van der Waals surface area contributed by atoms with Crippen LogP contribution in [-0.2, 0) is 4.79 Å². The predicted molar refractivity (Wildman–Crippen MR) is 91.0 cm³/mol. The SMILES string of the molecule is Cc1ccc(NC(=O)C(C)NCCN2CCSCC2)cc1. The first-order valence-electron chi connectivity index (χ1n) is 7.56. The zero-order chi connectivity index (χ0) is 15.1. The molecule has 2 N–H and O–H groups in total. The van der Waals surface area contributed by atoms with Gasteiger partial charge in [0.05, 0.1) is 6.04 Å². The van der Waals surface area contributed by atoms with Gasteiger partial charge in [0.25, 0.3) is 0 Å². The molecule has 1 amide bonds. The lowest BCUT2D eigenvalue weighted by molar-refractivity contribution is -0.117. The molecule has 21 heavy (non-hydrogen) atoms. The lowest BCUT2D eigenvalue weighted by Crippen LogP contribution is -2.43. The maximum Gasteiger partial charge on any atom is 0.241 e. The number of rotatable bonds is 6. The van der Waals surface area contributed by atoms with Crippen molar-refractivity contribution in [1.82, 2.24) is 10.2 Å². The van der Waals surface area contributed by atoms with Crippen LogP contribution in [0.4, 0.5) is 5.69 Å². The maximum atomic E-state index is 12.1. The first kappa shape index (κ1) is 16.3. The molecular weight excluding hydrogens is 282 g/mol. The second-order valence-electron chi connectivity index (χ2n) is 5.49. The highest BCUT2D eigenvalue weighted by Gasteiger charge is 2.14. The first-order valence-corrected chi connectivity index (χ1v) is 8.71. The van der Waals surface area contributed by atoms with E-state index < -0.39 is 0 Å². The summed E-state index contributed by atoms with van der Waals surface area (Å²) in [6.45, 7) is 8.15. The average Bonchev–Trinajstić information content (AvgIpc) is 2.50. The lowest BCUT2D eigenvalue weighted by atomic mass is 10.2. The zero-order valence-electron chi connectivity index (χ0n) is 12.9. The Kier molecular flexibility index (Phi) is 6.54. The van der Waals surface area contributed by atoms with Gasteiger partial charge in [0, 0.05) is 43.4 Å². The molecule has 116 valence electrons. The minimum Gasteiger partial charge on any atom is -0.325 e. The molecule has 1 aliphatic rings. The molecule has 1 aliphatic heterocycles. The summed E-state index contributed by atoms with van der Waals surface area (Å²) in [7, 11) is 0. The third kappa shape index (κ3) is 5.69. The number of nitrogens with one attached hydrogen (secondary N) is 2. The summed E-state index contributed by atoms with van der Waals surface area (Å²) in [6, 6.07) is 7.70. The summed E-state index contributed by atoms with van der Waals surface area (Å²) in [5, 5.41) is 6.24. The van der Waals surface area contributed by atoms with Crippen LogP contribution in [0.2, 0.25) is 0 Å². The highest BCUT2D eigenvalue weighted by molar-refractivity contribution is 7.99. The smallest absolute Gasteiger partial charge is 0.241 e. The molecule has 2 rings (SSSR count). The van der Waals surface area contributed by atoms with E-state index in [9.17, 15) is 4.79 Å². The highest BCUT2D eigenvalue weighted by Crippen LogP contribution is 2.09. The van der Waals surface area contributed by atoms with Crippen LogP contribution >= 0.6 is 11.8 Å². The van der Waals surface area contributed by atoms with E-state index >= 15 is 0 Å². The third-order valence-corrected chi connectivity index (χ3v) is 4.64. The van der Waals surface area contributed by atoms with E-state index in [0.717, 1.165) is 31.9 Å². The van der Waals surface area contributed by atoms with Crippen LogP contribution in [-0.4, -0.2) is 54.5 Å². The topological polar surface area (TPSA) is 44.4 Å². The van der Waals surface area contributed by atoms with Gasteiger partial charge in [-0.15, -0.1) is 0 Å². The van der Waals surface area contributed by atoms with E-state index in [2.05, 4.69) is 15.5 Å². The summed E-state index contributed by atoms with van der Waals surface area (Å²) in [5.74, 6) is 2.47. The maximum absolute atomic E-state index is 12.1. The predicted octanol–water partition coefficient (Wildman–Crippen LogP) is 1.96. The van der Waals surface area contributed by atoms with Gasteiger partial charge in [0.2, 0.25) is 5.91 Å². The van der Waals surface area contributed by atoms with Crippen molar-refractivity contribution < 1.29 is 4.79 Å². The number of aryl methyl sites for hydroxylation is 1. The lowest BCUT2D eigenvalue weighted by Gasteiger charge is -2.26. The van der Waals surface area contributed by atoms with Gasteiger partial charge >= 0.3 is 0 Å². The molecule has 1 aromatic rings. The van der Waals surface area contributed by atoms with Crippen molar-refractivity contribution in [2.45, 2.75) is 19.9 Å². The molecule has 0 spiro atoms. The van der Waals surface area contributed by atoms with E-state index in [1.807, 2.05) is 49.9 Å². The molecular formula is C16H25N3OS. The molecule has 0 aliphatic carbocycles. The fourth-order valence-corrected chi connectivity index (χ4v) is 3.22. The second-order valence-corrected chi connectivity index (χ2v) is 6.71. The molecule has 1 fully saturated rings. The Balaban J connectivity index is 1.68. The number of hydrogen-bond donors (Lipinski definition) is 2. The first-order chi connectivity index (χ1) is 10.1. The quantitative estimate of drug-likeness (QED) is 0.843. The van der Waals surface area contributed by atoms with Gasteiger partial charge < -0.3 is 15.5 Å². The van der Waals surface area contributed by atoms with Crippen LogP contribution in [0.15, 0.2) is 24.3 Å². The molecule has 0 aromatic heterocycles. The van der Waals surface area contributed by atoms with Gasteiger partial charge in [-0.05, 0) is 26.0 Å². The summed E-state index contributed by atoms with van der Waals surface area (Å²) in [5.41, 5.74) is 2.05. The van der Waals surface area contributed by atoms with Crippen molar-refractivity contribution in [3.05, 3.63) is 29.8 Å². The largest absolute Gasteiger partial charge is 0.325 e. The molecule has 0 radical (unpaired) electrons. The summed E-state index contributed by atoms with van der Waals surface area (Å²) in [4.78, 5) is 14.5. The van der Waals surface area contributed by atoms with Crippen LogP contribution in [0.5, 0.6) is 0 Å². The number of carbonyl (C=O) groups excluding carboxylic acids is 1. The number of benzene rings is 1. The van der Waals surface area contributed by atoms with E-state index in [1.165, 1.54) is 17.1 Å². The third-order valence-electron chi connectivity index (χ3n) is 3.69. The molecule has 1 saturated heterocycles. The number of nitrogens with zero attached hydrogens (tertiary/aromatic N) is 1. The van der Waals surface area contributed by atoms with Crippen molar-refractivity contribution in [3.8, 4) is 0 Å². The van der Waals surface area contributed by atoms with Crippen molar-refractivity contribution >= 4 is 23.4 Å². The van der Waals surface area contributed by atoms with Crippen molar-refractivity contribution in [2.24, 2.45) is 0 Å². The Hall–Kier alpha value is -1.04. The van der Waals surface area contributed by atoms with Gasteiger partial charge in [0.15, 0.2) is 0 Å². The zero-order valence-corrected chi connectivity index (χ0v) is 13.7. The molecule has 4 nitrogen and oxygen atoms in total. The Morgan fingerprint density at radius 3 is 2.62 bits per heavy atom. The van der Waals surface area contributed by atoms with Gasteiger partial charge in [-0.3, -0.25) is 4.79 Å². The van der Waals surface area contributed by atoms with Gasteiger partial charge in [0.1, 0.15) is 0 Å². The molecule has 5 heteroatoms. The van der Waals surface area contributed by atoms with E-state index in [4.69, 9.17) is 0 Å². The molecule has 1 aromatic carbocycles. The molecule has 1 atom stereocenters. The van der Waals surface area contributed by atoms with Crippen LogP contribution in [0.3, 0.4) is 0 Å². The van der Waals surface area contributed by atoms with Gasteiger partial charge in [-0.25, -0.2) is 0 Å². The number of carbonyl (C=O) groups is 1. The summed E-state index contributed by atoms with van der Waals surface area (Å²) < 4.78 is 0. The average molecular weight is 307 g/mol. The fourth-order valence-electron chi connectivity index (χ4n) is 2.24.